The summed E-state index contributed by atoms with van der Waals surface area (Å²) in [4.78, 5) is 32.4. The fourth-order valence-electron chi connectivity index (χ4n) is 4.25. The van der Waals surface area contributed by atoms with Crippen molar-refractivity contribution < 1.29 is 28.5 Å². The molecule has 36 heavy (non-hydrogen) atoms. The third-order valence-corrected chi connectivity index (χ3v) is 6.22. The Labute approximate surface area is 205 Å². The largest absolute Gasteiger partial charge is 0.380 e. The Balaban J connectivity index is 1.38. The molecule has 4 N–H and O–H groups in total. The number of aliphatic hydroxyl groups excluding tert-OH is 1. The Morgan fingerprint density at radius 3 is 2.78 bits per heavy atom. The van der Waals surface area contributed by atoms with Crippen molar-refractivity contribution in [2.45, 2.75) is 32.5 Å². The van der Waals surface area contributed by atoms with Crippen LogP contribution in [-0.2, 0) is 14.3 Å². The summed E-state index contributed by atoms with van der Waals surface area (Å²) >= 11 is 0. The number of hydrogen-bond acceptors (Lipinski definition) is 10. The van der Waals surface area contributed by atoms with Crippen LogP contribution in [0.5, 0.6) is 0 Å². The first kappa shape index (κ1) is 23.5. The second kappa shape index (κ2) is 8.73. The van der Waals surface area contributed by atoms with Gasteiger partial charge in [-0.2, -0.15) is 0 Å². The number of morpholine rings is 1. The van der Waals surface area contributed by atoms with Crippen molar-refractivity contribution in [2.24, 2.45) is 0 Å². The van der Waals surface area contributed by atoms with Gasteiger partial charge in [0.15, 0.2) is 23.1 Å². The maximum atomic E-state index is 13.5. The van der Waals surface area contributed by atoms with Crippen molar-refractivity contribution in [1.29, 1.82) is 0 Å². The smallest absolute Gasteiger partial charge is 0.263 e. The molecular weight excluding hydrogens is 468 g/mol. The summed E-state index contributed by atoms with van der Waals surface area (Å²) in [6, 6.07) is 9.97. The molecule has 1 aromatic carbocycles. The van der Waals surface area contributed by atoms with Crippen molar-refractivity contribution in [2.75, 3.05) is 29.1 Å². The molecule has 5 rings (SSSR count). The highest BCUT2D eigenvalue weighted by atomic mass is 16.5. The van der Waals surface area contributed by atoms with E-state index in [0.717, 1.165) is 5.56 Å². The zero-order valence-corrected chi connectivity index (χ0v) is 19.8. The number of ether oxygens (including phenoxy) is 1. The standard InChI is InChI=1S/C24H24N6O6/c1-12-19(13(2)35-28-12)16-5-4-6-18(27-16)30-9-10-34-24(3,23(30)33)20(31)22(32)26-14-7-8-15-17(11-14)36-29-21(15)25/h4-8,11,20,31H,9-10H2,1-3H3,(H2,25,29)(H,26,32)/t20-,24+/m0/s1. The number of pyridine rings is 1. The molecule has 4 heterocycles. The van der Waals surface area contributed by atoms with Crippen LogP contribution in [-0.4, -0.2) is 57.1 Å². The second-order valence-electron chi connectivity index (χ2n) is 8.66. The minimum atomic E-state index is -1.84. The topological polar surface area (TPSA) is 170 Å². The van der Waals surface area contributed by atoms with Crippen LogP contribution in [0.25, 0.3) is 22.2 Å². The normalized spacial score (nSPS) is 19.0. The summed E-state index contributed by atoms with van der Waals surface area (Å²) < 4.78 is 16.0. The molecule has 2 atom stereocenters. The summed E-state index contributed by atoms with van der Waals surface area (Å²) in [7, 11) is 0. The van der Waals surface area contributed by atoms with Crippen LogP contribution in [0.4, 0.5) is 17.3 Å². The van der Waals surface area contributed by atoms with E-state index in [1.165, 1.54) is 17.9 Å². The maximum absolute atomic E-state index is 13.5. The molecule has 186 valence electrons. The number of nitrogens with zero attached hydrogens (tertiary/aromatic N) is 4. The quantitative estimate of drug-likeness (QED) is 0.375. The number of nitrogens with two attached hydrogens (primary N) is 1. The second-order valence-corrected chi connectivity index (χ2v) is 8.66. The van der Waals surface area contributed by atoms with Gasteiger partial charge in [0.1, 0.15) is 11.6 Å². The number of carbonyl (C=O) groups excluding carboxylic acids is 2. The lowest BCUT2D eigenvalue weighted by Gasteiger charge is -2.40. The van der Waals surface area contributed by atoms with Crippen molar-refractivity contribution in [1.82, 2.24) is 15.3 Å². The monoisotopic (exact) mass is 492 g/mol. The molecule has 3 aromatic heterocycles. The number of aliphatic hydroxyl groups is 1. The molecule has 1 fully saturated rings. The summed E-state index contributed by atoms with van der Waals surface area (Å²) in [5.74, 6) is -0.236. The Hall–Kier alpha value is -4.29. The van der Waals surface area contributed by atoms with Gasteiger partial charge in [-0.3, -0.25) is 14.5 Å². The predicted octanol–water partition coefficient (Wildman–Crippen LogP) is 2.20. The molecule has 2 amide bonds. The average Bonchev–Trinajstić information content (AvgIpc) is 3.41. The van der Waals surface area contributed by atoms with Crippen LogP contribution in [0.1, 0.15) is 18.4 Å². The molecule has 0 saturated carbocycles. The molecule has 0 spiro atoms. The lowest BCUT2D eigenvalue weighted by Crippen LogP contribution is -2.63. The molecule has 0 bridgehead atoms. The van der Waals surface area contributed by atoms with Crippen LogP contribution >= 0.6 is 0 Å². The molecular formula is C24H24N6O6. The van der Waals surface area contributed by atoms with Gasteiger partial charge in [-0.15, -0.1) is 0 Å². The SMILES string of the molecule is Cc1noc(C)c1-c1cccc(N2CCO[C@](C)([C@@H](O)C(=O)Nc3ccc4c(N)noc4c3)C2=O)n1. The number of benzene rings is 1. The van der Waals surface area contributed by atoms with Crippen molar-refractivity contribution in [3.8, 4) is 11.3 Å². The van der Waals surface area contributed by atoms with Gasteiger partial charge in [0.2, 0.25) is 0 Å². The predicted molar refractivity (Wildman–Crippen MR) is 129 cm³/mol. The highest BCUT2D eigenvalue weighted by Crippen LogP contribution is 2.31. The van der Waals surface area contributed by atoms with Gasteiger partial charge >= 0.3 is 0 Å². The molecule has 1 aliphatic rings. The molecule has 4 aromatic rings. The summed E-state index contributed by atoms with van der Waals surface area (Å²) in [5.41, 5.74) is 6.58. The van der Waals surface area contributed by atoms with E-state index >= 15 is 0 Å². The Morgan fingerprint density at radius 2 is 2.03 bits per heavy atom. The van der Waals surface area contributed by atoms with Gasteiger partial charge in [-0.25, -0.2) is 4.98 Å². The molecule has 12 nitrogen and oxygen atoms in total. The number of nitrogen functional groups attached to an aromatic ring is 1. The van der Waals surface area contributed by atoms with Crippen molar-refractivity contribution >= 4 is 40.1 Å². The number of carbonyl (C=O) groups is 2. The van der Waals surface area contributed by atoms with Crippen LogP contribution in [0.15, 0.2) is 45.4 Å². The maximum Gasteiger partial charge on any atom is 0.263 e. The molecule has 0 radical (unpaired) electrons. The number of fused-ring (bicyclic) bond motifs is 1. The first-order valence-corrected chi connectivity index (χ1v) is 11.2. The average molecular weight is 492 g/mol. The Bertz CT molecular complexity index is 1460. The minimum absolute atomic E-state index is 0.0904. The van der Waals surface area contributed by atoms with E-state index in [1.807, 2.05) is 0 Å². The first-order chi connectivity index (χ1) is 17.2. The molecule has 0 aliphatic carbocycles. The number of anilines is 3. The summed E-state index contributed by atoms with van der Waals surface area (Å²) in [6.45, 7) is 5.26. The van der Waals surface area contributed by atoms with Crippen LogP contribution in [0, 0.1) is 13.8 Å². The zero-order chi connectivity index (χ0) is 25.6. The van der Waals surface area contributed by atoms with Gasteiger partial charge in [0.25, 0.3) is 11.8 Å². The molecule has 1 saturated heterocycles. The Kier molecular flexibility index (Phi) is 5.69. The van der Waals surface area contributed by atoms with Gasteiger partial charge < -0.3 is 29.9 Å². The van der Waals surface area contributed by atoms with Crippen molar-refractivity contribution in [3.05, 3.63) is 47.9 Å². The highest BCUT2D eigenvalue weighted by molar-refractivity contribution is 6.06. The lowest BCUT2D eigenvalue weighted by atomic mass is 9.94. The molecule has 1 aliphatic heterocycles. The van der Waals surface area contributed by atoms with Gasteiger partial charge in [-0.05, 0) is 45.0 Å². The van der Waals surface area contributed by atoms with Crippen LogP contribution < -0.4 is 16.0 Å². The van der Waals surface area contributed by atoms with E-state index in [2.05, 4.69) is 20.6 Å². The lowest BCUT2D eigenvalue weighted by molar-refractivity contribution is -0.170. The van der Waals surface area contributed by atoms with E-state index < -0.39 is 23.5 Å². The van der Waals surface area contributed by atoms with Crippen LogP contribution in [0.3, 0.4) is 0 Å². The van der Waals surface area contributed by atoms with E-state index in [1.54, 1.807) is 44.2 Å². The first-order valence-electron chi connectivity index (χ1n) is 11.2. The Morgan fingerprint density at radius 1 is 1.22 bits per heavy atom. The fourth-order valence-corrected chi connectivity index (χ4v) is 4.25. The molecule has 0 unspecified atom stereocenters. The van der Waals surface area contributed by atoms with E-state index in [9.17, 15) is 14.7 Å². The highest BCUT2D eigenvalue weighted by Gasteiger charge is 2.50. The zero-order valence-electron chi connectivity index (χ0n) is 19.8. The number of aromatic nitrogens is 3. The molecule has 12 heteroatoms. The fraction of sp³-hybridized carbons (Fsp3) is 0.292. The van der Waals surface area contributed by atoms with E-state index in [-0.39, 0.29) is 19.0 Å². The van der Waals surface area contributed by atoms with Crippen molar-refractivity contribution in [3.63, 3.8) is 0 Å². The van der Waals surface area contributed by atoms with E-state index in [0.29, 0.717) is 39.6 Å². The number of rotatable bonds is 5. The van der Waals surface area contributed by atoms with Crippen LogP contribution in [0.2, 0.25) is 0 Å². The van der Waals surface area contributed by atoms with Gasteiger partial charge in [0.05, 0.1) is 35.5 Å². The third-order valence-electron chi connectivity index (χ3n) is 6.22. The van der Waals surface area contributed by atoms with Gasteiger partial charge in [-0.1, -0.05) is 16.4 Å². The number of hydrogen-bond donors (Lipinski definition) is 3. The number of aryl methyl sites for hydroxylation is 2. The minimum Gasteiger partial charge on any atom is -0.380 e. The van der Waals surface area contributed by atoms with E-state index in [4.69, 9.17) is 19.5 Å². The number of nitrogens with one attached hydrogen (secondary N) is 1. The third kappa shape index (κ3) is 3.85. The summed E-state index contributed by atoms with van der Waals surface area (Å²) in [6.07, 6.45) is -1.81. The number of amides is 2. The van der Waals surface area contributed by atoms with Gasteiger partial charge in [0, 0.05) is 11.8 Å². The summed E-state index contributed by atoms with van der Waals surface area (Å²) in [5, 5.41) is 21.7.